The Bertz CT molecular complexity index is 507. The molecule has 0 radical (unpaired) electrons. The normalized spacial score (nSPS) is 11.2. The van der Waals surface area contributed by atoms with Gasteiger partial charge < -0.3 is 15.3 Å². The molecule has 0 unspecified atom stereocenters. The van der Waals surface area contributed by atoms with Gasteiger partial charge in [-0.2, -0.15) is 13.2 Å². The summed E-state index contributed by atoms with van der Waals surface area (Å²) in [7, 11) is 0. The van der Waals surface area contributed by atoms with Crippen LogP contribution in [-0.4, -0.2) is 47.8 Å². The lowest BCUT2D eigenvalue weighted by Crippen LogP contribution is -2.47. The molecule has 1 heterocycles. The second kappa shape index (κ2) is 7.51. The molecule has 118 valence electrons. The number of rotatable bonds is 6. The smallest absolute Gasteiger partial charge is 0.406 e. The molecule has 0 aliphatic heterocycles. The summed E-state index contributed by atoms with van der Waals surface area (Å²) in [5, 5.41) is 10.8. The molecule has 1 rings (SSSR count). The van der Waals surface area contributed by atoms with Gasteiger partial charge in [-0.3, -0.25) is 4.79 Å². The van der Waals surface area contributed by atoms with E-state index in [1.165, 1.54) is 11.3 Å². The molecule has 0 aromatic carbocycles. The first-order chi connectivity index (χ1) is 9.67. The van der Waals surface area contributed by atoms with Crippen molar-refractivity contribution in [2.24, 2.45) is 0 Å². The van der Waals surface area contributed by atoms with Crippen molar-refractivity contribution >= 4 is 34.9 Å². The number of thiophene rings is 1. The quantitative estimate of drug-likeness (QED) is 0.833. The van der Waals surface area contributed by atoms with Crippen LogP contribution in [0.3, 0.4) is 0 Å². The number of aliphatic carboxylic acids is 1. The van der Waals surface area contributed by atoms with E-state index in [4.69, 9.17) is 16.7 Å². The van der Waals surface area contributed by atoms with Gasteiger partial charge in [0.15, 0.2) is 0 Å². The van der Waals surface area contributed by atoms with Crippen LogP contribution < -0.4 is 5.32 Å². The highest BCUT2D eigenvalue weighted by atomic mass is 35.5. The number of nitrogens with one attached hydrogen (secondary N) is 1. The lowest BCUT2D eigenvalue weighted by atomic mass is 10.3. The van der Waals surface area contributed by atoms with Gasteiger partial charge in [0.25, 0.3) is 0 Å². The fraction of sp³-hybridized carbons (Fsp3) is 0.455. The van der Waals surface area contributed by atoms with Gasteiger partial charge in [0.1, 0.15) is 13.1 Å². The Morgan fingerprint density at radius 1 is 1.38 bits per heavy atom. The van der Waals surface area contributed by atoms with E-state index in [2.05, 4.69) is 5.32 Å². The van der Waals surface area contributed by atoms with Crippen LogP contribution >= 0.6 is 22.9 Å². The highest BCUT2D eigenvalue weighted by Crippen LogP contribution is 2.21. The van der Waals surface area contributed by atoms with Crippen LogP contribution in [0.1, 0.15) is 4.88 Å². The molecule has 21 heavy (non-hydrogen) atoms. The zero-order chi connectivity index (χ0) is 16.0. The molecule has 0 spiro atoms. The largest absolute Gasteiger partial charge is 0.480 e. The topological polar surface area (TPSA) is 69.6 Å². The minimum atomic E-state index is -4.66. The first-order valence-electron chi connectivity index (χ1n) is 5.73. The Morgan fingerprint density at radius 3 is 2.52 bits per heavy atom. The van der Waals surface area contributed by atoms with Gasteiger partial charge in [0.2, 0.25) is 0 Å². The molecule has 0 saturated heterocycles. The molecule has 0 aliphatic carbocycles. The molecule has 5 nitrogen and oxygen atoms in total. The standard InChI is InChI=1S/C11H12ClF3N2O3S/c12-8-2-1-7(21-8)3-4-16-10(20)17(5-9(18)19)6-11(13,14)15/h1-2H,3-6H2,(H,16,20)(H,18,19). The number of alkyl halides is 3. The second-order valence-corrected chi connectivity index (χ2v) is 5.85. The van der Waals surface area contributed by atoms with Gasteiger partial charge in [0.05, 0.1) is 4.34 Å². The number of hydrogen-bond donors (Lipinski definition) is 2. The average Bonchev–Trinajstić information content (AvgIpc) is 2.71. The van der Waals surface area contributed by atoms with Crippen molar-refractivity contribution in [1.29, 1.82) is 0 Å². The van der Waals surface area contributed by atoms with E-state index in [0.29, 0.717) is 10.8 Å². The first kappa shape index (κ1) is 17.6. The van der Waals surface area contributed by atoms with Crippen molar-refractivity contribution in [3.8, 4) is 0 Å². The van der Waals surface area contributed by atoms with E-state index in [1.54, 1.807) is 12.1 Å². The molecule has 10 heteroatoms. The predicted molar refractivity (Wildman–Crippen MR) is 71.7 cm³/mol. The van der Waals surface area contributed by atoms with E-state index in [-0.39, 0.29) is 11.4 Å². The third-order valence-electron chi connectivity index (χ3n) is 2.26. The molecule has 1 aromatic heterocycles. The monoisotopic (exact) mass is 344 g/mol. The molecule has 0 bridgehead atoms. The number of carbonyl (C=O) groups excluding carboxylic acids is 1. The number of carboxylic acids is 1. The highest BCUT2D eigenvalue weighted by Gasteiger charge is 2.33. The molecular formula is C11H12ClF3N2O3S. The van der Waals surface area contributed by atoms with E-state index in [0.717, 1.165) is 4.88 Å². The van der Waals surface area contributed by atoms with Gasteiger partial charge in [-0.1, -0.05) is 11.6 Å². The van der Waals surface area contributed by atoms with Gasteiger partial charge in [-0.25, -0.2) is 4.79 Å². The van der Waals surface area contributed by atoms with E-state index >= 15 is 0 Å². The summed E-state index contributed by atoms with van der Waals surface area (Å²) in [4.78, 5) is 23.1. The number of urea groups is 1. The lowest BCUT2D eigenvalue weighted by molar-refractivity contribution is -0.148. The molecule has 0 saturated carbocycles. The van der Waals surface area contributed by atoms with Crippen LogP contribution in [0.15, 0.2) is 12.1 Å². The minimum Gasteiger partial charge on any atom is -0.480 e. The molecule has 0 aliphatic rings. The maximum Gasteiger partial charge on any atom is 0.406 e. The van der Waals surface area contributed by atoms with Crippen molar-refractivity contribution in [3.63, 3.8) is 0 Å². The summed E-state index contributed by atoms with van der Waals surface area (Å²) < 4.78 is 37.4. The van der Waals surface area contributed by atoms with Gasteiger partial charge in [-0.15, -0.1) is 11.3 Å². The van der Waals surface area contributed by atoms with Crippen molar-refractivity contribution in [3.05, 3.63) is 21.3 Å². The van der Waals surface area contributed by atoms with Crippen molar-refractivity contribution < 1.29 is 27.9 Å². The van der Waals surface area contributed by atoms with Crippen LogP contribution in [0.25, 0.3) is 0 Å². The lowest BCUT2D eigenvalue weighted by Gasteiger charge is -2.22. The average molecular weight is 345 g/mol. The summed E-state index contributed by atoms with van der Waals surface area (Å²) in [6.07, 6.45) is -4.26. The Hall–Kier alpha value is -1.48. The zero-order valence-electron chi connectivity index (χ0n) is 10.6. The highest BCUT2D eigenvalue weighted by molar-refractivity contribution is 7.16. The Balaban J connectivity index is 2.49. The fourth-order valence-corrected chi connectivity index (χ4v) is 2.56. The summed E-state index contributed by atoms with van der Waals surface area (Å²) in [5.74, 6) is -1.51. The van der Waals surface area contributed by atoms with Crippen LogP contribution in [0.5, 0.6) is 0 Å². The van der Waals surface area contributed by atoms with Gasteiger partial charge in [-0.05, 0) is 18.6 Å². The number of carboxylic acid groups (broad SMARTS) is 1. The number of hydrogen-bond acceptors (Lipinski definition) is 3. The fourth-order valence-electron chi connectivity index (χ4n) is 1.47. The summed E-state index contributed by atoms with van der Waals surface area (Å²) >= 11 is 7.01. The van der Waals surface area contributed by atoms with Crippen LogP contribution in [0.2, 0.25) is 4.34 Å². The van der Waals surface area contributed by atoms with E-state index < -0.39 is 31.3 Å². The number of halogens is 4. The van der Waals surface area contributed by atoms with Crippen molar-refractivity contribution in [2.45, 2.75) is 12.6 Å². The number of amides is 2. The van der Waals surface area contributed by atoms with Crippen LogP contribution in [0, 0.1) is 0 Å². The minimum absolute atomic E-state index is 0.0870. The maximum atomic E-state index is 12.3. The maximum absolute atomic E-state index is 12.3. The number of carbonyl (C=O) groups is 2. The SMILES string of the molecule is O=C(O)CN(CC(F)(F)F)C(=O)NCCc1ccc(Cl)s1. The Kier molecular flexibility index (Phi) is 6.28. The second-order valence-electron chi connectivity index (χ2n) is 4.05. The predicted octanol–water partition coefficient (Wildman–Crippen LogP) is 2.60. The third-order valence-corrected chi connectivity index (χ3v) is 3.55. The van der Waals surface area contributed by atoms with Crippen LogP contribution in [0.4, 0.5) is 18.0 Å². The number of nitrogens with zero attached hydrogens (tertiary/aromatic N) is 1. The van der Waals surface area contributed by atoms with E-state index in [1.807, 2.05) is 0 Å². The third kappa shape index (κ3) is 7.19. The Morgan fingerprint density at radius 2 is 2.05 bits per heavy atom. The molecule has 2 N–H and O–H groups in total. The zero-order valence-corrected chi connectivity index (χ0v) is 12.2. The summed E-state index contributed by atoms with van der Waals surface area (Å²) in [6.45, 7) is -2.55. The molecule has 0 atom stereocenters. The molecule has 1 aromatic rings. The molecular weight excluding hydrogens is 333 g/mol. The van der Waals surface area contributed by atoms with Gasteiger partial charge in [0, 0.05) is 11.4 Å². The van der Waals surface area contributed by atoms with Crippen LogP contribution in [-0.2, 0) is 11.2 Å². The summed E-state index contributed by atoms with van der Waals surface area (Å²) in [6, 6.07) is 2.34. The van der Waals surface area contributed by atoms with Crippen molar-refractivity contribution in [1.82, 2.24) is 10.2 Å². The Labute approximate surface area is 127 Å². The first-order valence-corrected chi connectivity index (χ1v) is 6.92. The summed E-state index contributed by atoms with van der Waals surface area (Å²) in [5.41, 5.74) is 0. The molecule has 0 fully saturated rings. The molecule has 2 amide bonds. The van der Waals surface area contributed by atoms with E-state index in [9.17, 15) is 22.8 Å². The van der Waals surface area contributed by atoms with Crippen molar-refractivity contribution in [2.75, 3.05) is 19.6 Å². The van der Waals surface area contributed by atoms with Gasteiger partial charge >= 0.3 is 18.2 Å².